The molecule has 0 radical (unpaired) electrons. The quantitative estimate of drug-likeness (QED) is 0.627. The average molecular weight is 381 g/mol. The van der Waals surface area contributed by atoms with Crippen molar-refractivity contribution in [1.82, 2.24) is 14.5 Å². The molecule has 3 aromatic rings. The molecule has 6 heteroatoms. The highest BCUT2D eigenvalue weighted by Gasteiger charge is 2.24. The topological polar surface area (TPSA) is 48.8 Å². The highest BCUT2D eigenvalue weighted by molar-refractivity contribution is 5.76. The first kappa shape index (κ1) is 18.8. The lowest BCUT2D eigenvalue weighted by Gasteiger charge is -2.32. The number of fused-ring (bicyclic) bond motifs is 1. The van der Waals surface area contributed by atoms with E-state index in [0.29, 0.717) is 6.61 Å². The van der Waals surface area contributed by atoms with E-state index in [9.17, 15) is 0 Å². The number of imidazole rings is 1. The van der Waals surface area contributed by atoms with Crippen LogP contribution in [0.4, 0.5) is 0 Å². The number of ether oxygens (including phenoxy) is 3. The summed E-state index contributed by atoms with van der Waals surface area (Å²) in [7, 11) is 1.66. The Kier molecular flexibility index (Phi) is 5.78. The Morgan fingerprint density at radius 1 is 1.04 bits per heavy atom. The van der Waals surface area contributed by atoms with Gasteiger partial charge in [-0.2, -0.15) is 0 Å². The summed E-state index contributed by atoms with van der Waals surface area (Å²) in [4.78, 5) is 7.38. The van der Waals surface area contributed by atoms with Gasteiger partial charge in [0.1, 0.15) is 23.9 Å². The fraction of sp³-hybridized carbons (Fsp3) is 0.409. The third kappa shape index (κ3) is 3.98. The first-order valence-corrected chi connectivity index (χ1v) is 9.80. The molecule has 148 valence electrons. The van der Waals surface area contributed by atoms with Crippen LogP contribution in [-0.2, 0) is 11.3 Å². The first-order chi connectivity index (χ1) is 13.8. The Hall–Kier alpha value is -2.57. The lowest BCUT2D eigenvalue weighted by molar-refractivity contribution is 0.0175. The number of hydrogen-bond donors (Lipinski definition) is 0. The van der Waals surface area contributed by atoms with Gasteiger partial charge in [-0.3, -0.25) is 4.90 Å². The fourth-order valence-corrected chi connectivity index (χ4v) is 3.70. The Labute approximate surface area is 165 Å². The molecule has 6 nitrogen and oxygen atoms in total. The van der Waals surface area contributed by atoms with Crippen LogP contribution < -0.4 is 9.47 Å². The molecule has 2 heterocycles. The number of hydrogen-bond acceptors (Lipinski definition) is 5. The summed E-state index contributed by atoms with van der Waals surface area (Å²) in [6, 6.07) is 16.2. The molecular weight excluding hydrogens is 354 g/mol. The van der Waals surface area contributed by atoms with Gasteiger partial charge in [-0.1, -0.05) is 12.1 Å². The minimum atomic E-state index is 0.234. The fourth-order valence-electron chi connectivity index (χ4n) is 3.70. The zero-order chi connectivity index (χ0) is 19.3. The highest BCUT2D eigenvalue weighted by Crippen LogP contribution is 2.25. The van der Waals surface area contributed by atoms with Crippen LogP contribution in [0.15, 0.2) is 48.5 Å². The summed E-state index contributed by atoms with van der Waals surface area (Å²) in [6.07, 6.45) is 0. The van der Waals surface area contributed by atoms with Crippen LogP contribution in [0.1, 0.15) is 18.8 Å². The third-order valence-corrected chi connectivity index (χ3v) is 5.29. The van der Waals surface area contributed by atoms with E-state index in [4.69, 9.17) is 19.2 Å². The van der Waals surface area contributed by atoms with E-state index in [1.807, 2.05) is 30.3 Å². The number of aromatic nitrogens is 2. The molecule has 0 amide bonds. The van der Waals surface area contributed by atoms with Crippen molar-refractivity contribution in [2.24, 2.45) is 0 Å². The van der Waals surface area contributed by atoms with Gasteiger partial charge < -0.3 is 18.8 Å². The van der Waals surface area contributed by atoms with Gasteiger partial charge in [-0.05, 0) is 43.3 Å². The second-order valence-electron chi connectivity index (χ2n) is 6.96. The van der Waals surface area contributed by atoms with Crippen LogP contribution in [0.25, 0.3) is 11.0 Å². The lowest BCUT2D eigenvalue weighted by Crippen LogP contribution is -2.39. The minimum absolute atomic E-state index is 0.234. The molecule has 2 aromatic carbocycles. The van der Waals surface area contributed by atoms with E-state index in [1.165, 1.54) is 0 Å². The van der Waals surface area contributed by atoms with Gasteiger partial charge in [0.05, 0.1) is 43.9 Å². The average Bonchev–Trinajstić information content (AvgIpc) is 3.13. The SMILES string of the molecule is COc1ccc(OCCn2c(C(C)N3CCOCC3)nc3ccccc32)cc1. The first-order valence-electron chi connectivity index (χ1n) is 9.80. The third-order valence-electron chi connectivity index (χ3n) is 5.29. The van der Waals surface area contributed by atoms with Crippen LogP contribution in [-0.4, -0.2) is 54.5 Å². The normalized spacial score (nSPS) is 16.2. The molecule has 4 rings (SSSR count). The van der Waals surface area contributed by atoms with Crippen molar-refractivity contribution < 1.29 is 14.2 Å². The molecule has 1 aromatic heterocycles. The number of morpholine rings is 1. The van der Waals surface area contributed by atoms with Crippen molar-refractivity contribution in [3.63, 3.8) is 0 Å². The van der Waals surface area contributed by atoms with Crippen LogP contribution in [0.3, 0.4) is 0 Å². The second kappa shape index (κ2) is 8.63. The van der Waals surface area contributed by atoms with Gasteiger partial charge >= 0.3 is 0 Å². The molecular formula is C22H27N3O3. The van der Waals surface area contributed by atoms with Crippen molar-refractivity contribution in [2.75, 3.05) is 40.0 Å². The minimum Gasteiger partial charge on any atom is -0.497 e. The Bertz CT molecular complexity index is 901. The van der Waals surface area contributed by atoms with Crippen molar-refractivity contribution in [1.29, 1.82) is 0 Å². The van der Waals surface area contributed by atoms with Gasteiger partial charge in [0.15, 0.2) is 0 Å². The molecule has 0 N–H and O–H groups in total. The molecule has 0 bridgehead atoms. The summed E-state index contributed by atoms with van der Waals surface area (Å²) >= 11 is 0. The number of rotatable bonds is 7. The Morgan fingerprint density at radius 3 is 2.50 bits per heavy atom. The van der Waals surface area contributed by atoms with E-state index >= 15 is 0 Å². The maximum atomic E-state index is 5.97. The Morgan fingerprint density at radius 2 is 1.75 bits per heavy atom. The van der Waals surface area contributed by atoms with E-state index in [1.54, 1.807) is 7.11 Å². The number of methoxy groups -OCH3 is 1. The molecule has 1 aliphatic rings. The van der Waals surface area contributed by atoms with Gasteiger partial charge in [0, 0.05) is 13.1 Å². The molecule has 1 saturated heterocycles. The molecule has 0 aliphatic carbocycles. The smallest absolute Gasteiger partial charge is 0.127 e. The van der Waals surface area contributed by atoms with Gasteiger partial charge in [-0.15, -0.1) is 0 Å². The van der Waals surface area contributed by atoms with Gasteiger partial charge in [0.25, 0.3) is 0 Å². The van der Waals surface area contributed by atoms with Gasteiger partial charge in [0.2, 0.25) is 0 Å². The molecule has 0 spiro atoms. The van der Waals surface area contributed by atoms with E-state index < -0.39 is 0 Å². The number of nitrogens with zero attached hydrogens (tertiary/aromatic N) is 3. The summed E-state index contributed by atoms with van der Waals surface area (Å²) in [5.74, 6) is 2.75. The largest absolute Gasteiger partial charge is 0.497 e. The standard InChI is InChI=1S/C22H27N3O3/c1-17(24-11-14-27-15-12-24)22-23-20-5-3-4-6-21(20)25(22)13-16-28-19-9-7-18(26-2)8-10-19/h3-10,17H,11-16H2,1-2H3. The summed E-state index contributed by atoms with van der Waals surface area (Å²) < 4.78 is 19.0. The molecule has 28 heavy (non-hydrogen) atoms. The van der Waals surface area contributed by atoms with Crippen molar-refractivity contribution in [3.8, 4) is 11.5 Å². The maximum absolute atomic E-state index is 5.97. The monoisotopic (exact) mass is 381 g/mol. The van der Waals surface area contributed by atoms with Crippen molar-refractivity contribution in [2.45, 2.75) is 19.5 Å². The Balaban J connectivity index is 1.52. The van der Waals surface area contributed by atoms with E-state index in [0.717, 1.165) is 61.2 Å². The van der Waals surface area contributed by atoms with Crippen LogP contribution in [0.5, 0.6) is 11.5 Å². The number of para-hydroxylation sites is 2. The lowest BCUT2D eigenvalue weighted by atomic mass is 10.2. The zero-order valence-corrected chi connectivity index (χ0v) is 16.5. The van der Waals surface area contributed by atoms with Crippen LogP contribution in [0, 0.1) is 0 Å². The number of benzene rings is 2. The van der Waals surface area contributed by atoms with E-state index in [2.05, 4.69) is 34.6 Å². The summed E-state index contributed by atoms with van der Waals surface area (Å²) in [6.45, 7) is 7.00. The molecule has 1 atom stereocenters. The predicted octanol–water partition coefficient (Wildman–Crippen LogP) is 3.52. The molecule has 0 saturated carbocycles. The second-order valence-corrected chi connectivity index (χ2v) is 6.96. The summed E-state index contributed by atoms with van der Waals surface area (Å²) in [5, 5.41) is 0. The summed E-state index contributed by atoms with van der Waals surface area (Å²) in [5.41, 5.74) is 2.18. The highest BCUT2D eigenvalue weighted by atomic mass is 16.5. The maximum Gasteiger partial charge on any atom is 0.127 e. The predicted molar refractivity (Wildman–Crippen MR) is 109 cm³/mol. The molecule has 1 aliphatic heterocycles. The van der Waals surface area contributed by atoms with Gasteiger partial charge in [-0.25, -0.2) is 4.98 Å². The zero-order valence-electron chi connectivity index (χ0n) is 16.5. The van der Waals surface area contributed by atoms with Crippen molar-refractivity contribution >= 4 is 11.0 Å². The molecule has 1 unspecified atom stereocenters. The van der Waals surface area contributed by atoms with Crippen molar-refractivity contribution in [3.05, 3.63) is 54.4 Å². The molecule has 1 fully saturated rings. The van der Waals surface area contributed by atoms with E-state index in [-0.39, 0.29) is 6.04 Å². The van der Waals surface area contributed by atoms with Crippen LogP contribution in [0.2, 0.25) is 0 Å². The van der Waals surface area contributed by atoms with Crippen LogP contribution >= 0.6 is 0 Å².